The number of ether oxygens (including phenoxy) is 1. The van der Waals surface area contributed by atoms with Crippen LogP contribution in [-0.2, 0) is 14.3 Å². The molecule has 0 amide bonds. The number of aliphatic hydroxyl groups is 1. The van der Waals surface area contributed by atoms with Gasteiger partial charge in [-0.2, -0.15) is 13.2 Å². The molecule has 1 rings (SSSR count). The summed E-state index contributed by atoms with van der Waals surface area (Å²) in [5.74, 6) is -3.65. The Bertz CT molecular complexity index is 840. The van der Waals surface area contributed by atoms with Gasteiger partial charge in [0.05, 0.1) is 12.0 Å². The predicted octanol–water partition coefficient (Wildman–Crippen LogP) is 6.42. The number of anilines is 1. The summed E-state index contributed by atoms with van der Waals surface area (Å²) in [5.41, 5.74) is 0.910. The van der Waals surface area contributed by atoms with Crippen LogP contribution in [0.15, 0.2) is 36.4 Å². The number of aliphatic hydroxyl groups excluding tert-OH is 1. The second-order valence-electron chi connectivity index (χ2n) is 8.92. The maximum atomic E-state index is 12.0. The van der Waals surface area contributed by atoms with Crippen molar-refractivity contribution in [2.45, 2.75) is 95.8 Å². The number of carboxylic acid groups (broad SMARTS) is 1. The Kier molecular flexibility index (Phi) is 16.0. The number of hydrogen-bond acceptors (Lipinski definition) is 6. The number of halogens is 3. The van der Waals surface area contributed by atoms with Gasteiger partial charge in [-0.1, -0.05) is 44.3 Å². The molecule has 1 unspecified atom stereocenters. The lowest BCUT2D eigenvalue weighted by Crippen LogP contribution is -2.28. The number of allylic oxidation sites excluding steroid dienone is 2. The SMILES string of the molecule is O=C(O)CC(O)C(=O)OC(=O)c1ccc(NCCCCCCC=CCCCCCCCC(F)(F)F)cc1. The molecule has 0 heterocycles. The summed E-state index contributed by atoms with van der Waals surface area (Å²) in [6.07, 6.45) is 6.87. The van der Waals surface area contributed by atoms with Crippen LogP contribution in [0.25, 0.3) is 0 Å². The van der Waals surface area contributed by atoms with E-state index < -0.39 is 43.0 Å². The quantitative estimate of drug-likeness (QED) is 0.0821. The van der Waals surface area contributed by atoms with E-state index in [0.29, 0.717) is 6.42 Å². The van der Waals surface area contributed by atoms with Gasteiger partial charge in [-0.3, -0.25) is 4.79 Å². The van der Waals surface area contributed by atoms with Crippen LogP contribution in [0, 0.1) is 0 Å². The third-order valence-electron chi connectivity index (χ3n) is 5.58. The van der Waals surface area contributed by atoms with Gasteiger partial charge in [-0.25, -0.2) is 9.59 Å². The van der Waals surface area contributed by atoms with Gasteiger partial charge in [0.25, 0.3) is 0 Å². The van der Waals surface area contributed by atoms with Crippen molar-refractivity contribution in [2.24, 2.45) is 0 Å². The van der Waals surface area contributed by atoms with Crippen LogP contribution >= 0.6 is 0 Å². The molecule has 1 atom stereocenters. The highest BCUT2D eigenvalue weighted by Gasteiger charge is 2.25. The zero-order valence-corrected chi connectivity index (χ0v) is 21.1. The van der Waals surface area contributed by atoms with Crippen molar-refractivity contribution in [1.82, 2.24) is 0 Å². The number of esters is 2. The van der Waals surface area contributed by atoms with E-state index in [0.717, 1.165) is 70.0 Å². The predicted molar refractivity (Wildman–Crippen MR) is 134 cm³/mol. The summed E-state index contributed by atoms with van der Waals surface area (Å²) >= 11 is 0. The summed E-state index contributed by atoms with van der Waals surface area (Å²) in [4.78, 5) is 33.9. The Labute approximate surface area is 216 Å². The summed E-state index contributed by atoms with van der Waals surface area (Å²) in [5, 5.41) is 21.2. The van der Waals surface area contributed by atoms with Gasteiger partial charge in [0, 0.05) is 18.7 Å². The monoisotopic (exact) mass is 529 g/mol. The minimum absolute atomic E-state index is 0.107. The lowest BCUT2D eigenvalue weighted by molar-refractivity contribution is -0.153. The average Bonchev–Trinajstić information content (AvgIpc) is 2.83. The van der Waals surface area contributed by atoms with Crippen LogP contribution in [0.1, 0.15) is 93.8 Å². The second kappa shape index (κ2) is 18.4. The summed E-state index contributed by atoms with van der Waals surface area (Å²) in [6.45, 7) is 0.766. The lowest BCUT2D eigenvalue weighted by Gasteiger charge is -2.09. The van der Waals surface area contributed by atoms with Crippen LogP contribution in [0.3, 0.4) is 0 Å². The molecule has 0 spiro atoms. The fraction of sp³-hybridized carbons (Fsp3) is 0.593. The third kappa shape index (κ3) is 17.3. The molecule has 7 nitrogen and oxygen atoms in total. The standard InChI is InChI=1S/C27H38F3NO6/c28-27(29,30)18-12-10-8-6-4-2-1-3-5-7-9-11-13-19-31-22-16-14-21(15-17-22)25(35)37-26(36)23(32)20-24(33)34/h1,3,14-17,23,31-32H,2,4-13,18-20H2,(H,33,34). The van der Waals surface area contributed by atoms with Gasteiger partial charge in [0.1, 0.15) is 0 Å². The molecule has 1 aromatic rings. The molecule has 0 aliphatic heterocycles. The summed E-state index contributed by atoms with van der Waals surface area (Å²) < 4.78 is 40.6. The van der Waals surface area contributed by atoms with Crippen LogP contribution in [0.2, 0.25) is 0 Å². The van der Waals surface area contributed by atoms with Gasteiger partial charge < -0.3 is 20.3 Å². The number of aliphatic carboxylic acids is 1. The number of benzene rings is 1. The third-order valence-corrected chi connectivity index (χ3v) is 5.58. The molecular weight excluding hydrogens is 491 g/mol. The number of nitrogens with one attached hydrogen (secondary N) is 1. The fourth-order valence-corrected chi connectivity index (χ4v) is 3.52. The van der Waals surface area contributed by atoms with E-state index in [1.54, 1.807) is 12.1 Å². The second-order valence-corrected chi connectivity index (χ2v) is 8.92. The van der Waals surface area contributed by atoms with E-state index in [-0.39, 0.29) is 12.0 Å². The van der Waals surface area contributed by atoms with Crippen LogP contribution in [-0.4, -0.2) is 46.9 Å². The van der Waals surface area contributed by atoms with Gasteiger partial charge in [0.2, 0.25) is 0 Å². The van der Waals surface area contributed by atoms with Crippen LogP contribution < -0.4 is 5.32 Å². The molecule has 1 aromatic carbocycles. The van der Waals surface area contributed by atoms with Crippen LogP contribution in [0.5, 0.6) is 0 Å². The van der Waals surface area contributed by atoms with E-state index in [4.69, 9.17) is 5.11 Å². The zero-order valence-electron chi connectivity index (χ0n) is 21.1. The Hall–Kier alpha value is -2.88. The Morgan fingerprint density at radius 1 is 0.865 bits per heavy atom. The van der Waals surface area contributed by atoms with Gasteiger partial charge in [-0.05, 0) is 62.8 Å². The maximum absolute atomic E-state index is 12.0. The average molecular weight is 530 g/mol. The van der Waals surface area contributed by atoms with E-state index in [9.17, 15) is 32.7 Å². The molecule has 208 valence electrons. The molecule has 0 aliphatic carbocycles. The number of carbonyl (C=O) groups excluding carboxylic acids is 2. The first-order valence-electron chi connectivity index (χ1n) is 12.8. The Morgan fingerprint density at radius 3 is 1.97 bits per heavy atom. The number of carboxylic acids is 1. The number of unbranched alkanes of at least 4 members (excludes halogenated alkanes) is 9. The Morgan fingerprint density at radius 2 is 1.41 bits per heavy atom. The first-order valence-corrected chi connectivity index (χ1v) is 12.8. The minimum atomic E-state index is -4.03. The molecule has 0 fully saturated rings. The first kappa shape index (κ1) is 32.1. The molecule has 0 saturated carbocycles. The topological polar surface area (TPSA) is 113 Å². The molecule has 0 aliphatic rings. The zero-order chi connectivity index (χ0) is 27.5. The van der Waals surface area contributed by atoms with Gasteiger partial charge in [0.15, 0.2) is 6.10 Å². The largest absolute Gasteiger partial charge is 0.481 e. The highest BCUT2D eigenvalue weighted by molar-refractivity contribution is 5.98. The van der Waals surface area contributed by atoms with Crippen molar-refractivity contribution in [3.63, 3.8) is 0 Å². The molecule has 0 saturated heterocycles. The van der Waals surface area contributed by atoms with Crippen molar-refractivity contribution in [3.8, 4) is 0 Å². The van der Waals surface area contributed by atoms with Gasteiger partial charge >= 0.3 is 24.1 Å². The summed E-state index contributed by atoms with van der Waals surface area (Å²) in [6, 6.07) is 6.29. The fourth-order valence-electron chi connectivity index (χ4n) is 3.52. The maximum Gasteiger partial charge on any atom is 0.389 e. The summed E-state index contributed by atoms with van der Waals surface area (Å²) in [7, 11) is 0. The molecular formula is C27H38F3NO6. The van der Waals surface area contributed by atoms with E-state index in [1.165, 1.54) is 12.1 Å². The highest BCUT2D eigenvalue weighted by atomic mass is 19.4. The molecule has 0 bridgehead atoms. The Balaban J connectivity index is 2.04. The number of hydrogen-bond donors (Lipinski definition) is 3. The smallest absolute Gasteiger partial charge is 0.389 e. The molecule has 3 N–H and O–H groups in total. The van der Waals surface area contributed by atoms with Crippen molar-refractivity contribution >= 4 is 23.6 Å². The highest BCUT2D eigenvalue weighted by Crippen LogP contribution is 2.23. The van der Waals surface area contributed by atoms with Gasteiger partial charge in [-0.15, -0.1) is 0 Å². The van der Waals surface area contributed by atoms with Crippen molar-refractivity contribution < 1.29 is 42.5 Å². The van der Waals surface area contributed by atoms with Crippen molar-refractivity contribution in [3.05, 3.63) is 42.0 Å². The van der Waals surface area contributed by atoms with Crippen LogP contribution in [0.4, 0.5) is 18.9 Å². The molecule has 10 heteroatoms. The van der Waals surface area contributed by atoms with E-state index >= 15 is 0 Å². The number of alkyl halides is 3. The molecule has 37 heavy (non-hydrogen) atoms. The van der Waals surface area contributed by atoms with E-state index in [1.807, 2.05) is 0 Å². The first-order chi connectivity index (χ1) is 17.6. The number of carbonyl (C=O) groups is 3. The number of rotatable bonds is 19. The van der Waals surface area contributed by atoms with E-state index in [2.05, 4.69) is 22.2 Å². The normalized spacial score (nSPS) is 12.4. The van der Waals surface area contributed by atoms with Crippen molar-refractivity contribution in [1.29, 1.82) is 0 Å². The lowest BCUT2D eigenvalue weighted by atomic mass is 10.1. The molecule has 0 radical (unpaired) electrons. The van der Waals surface area contributed by atoms with Crippen molar-refractivity contribution in [2.75, 3.05) is 11.9 Å². The molecule has 0 aromatic heterocycles. The minimum Gasteiger partial charge on any atom is -0.481 e.